The van der Waals surface area contributed by atoms with Crippen LogP contribution < -0.4 is 5.32 Å². The van der Waals surface area contributed by atoms with Crippen LogP contribution in [0.4, 0.5) is 4.39 Å². The summed E-state index contributed by atoms with van der Waals surface area (Å²) in [6.45, 7) is 1.69. The fourth-order valence-electron chi connectivity index (χ4n) is 2.69. The molecule has 1 aromatic rings. The predicted molar refractivity (Wildman–Crippen MR) is 69.0 cm³/mol. The number of hydrogen-bond donors (Lipinski definition) is 1. The second kappa shape index (κ2) is 5.37. The molecule has 3 rings (SSSR count). The van der Waals surface area contributed by atoms with Crippen molar-refractivity contribution < 1.29 is 9.13 Å². The molecule has 2 unspecified atom stereocenters. The third-order valence-electron chi connectivity index (χ3n) is 3.91. The molecular formula is C15H20FNO. The molecule has 2 atom stereocenters. The van der Waals surface area contributed by atoms with Gasteiger partial charge in [0, 0.05) is 24.6 Å². The molecule has 2 nitrogen and oxygen atoms in total. The van der Waals surface area contributed by atoms with E-state index in [4.69, 9.17) is 4.74 Å². The Kier molecular flexibility index (Phi) is 3.62. The molecule has 0 radical (unpaired) electrons. The van der Waals surface area contributed by atoms with Gasteiger partial charge in [0.1, 0.15) is 5.82 Å². The zero-order chi connectivity index (χ0) is 12.4. The highest BCUT2D eigenvalue weighted by Gasteiger charge is 2.31. The first-order chi connectivity index (χ1) is 8.81. The van der Waals surface area contributed by atoms with Gasteiger partial charge in [-0.3, -0.25) is 0 Å². The number of hydrogen-bond acceptors (Lipinski definition) is 2. The standard InChI is InChI=1S/C15H20FNO/c16-13-3-1-11(2-4-13)9-12-10-18-8-7-15(12)17-14-5-6-14/h1-4,12,14-15,17H,5-10H2. The van der Waals surface area contributed by atoms with Crippen LogP contribution in [0.3, 0.4) is 0 Å². The lowest BCUT2D eigenvalue weighted by Gasteiger charge is -2.32. The van der Waals surface area contributed by atoms with E-state index in [2.05, 4.69) is 5.32 Å². The van der Waals surface area contributed by atoms with E-state index in [0.717, 1.165) is 32.1 Å². The van der Waals surface area contributed by atoms with Gasteiger partial charge in [-0.1, -0.05) is 12.1 Å². The zero-order valence-electron chi connectivity index (χ0n) is 10.6. The summed E-state index contributed by atoms with van der Waals surface area (Å²) in [6.07, 6.45) is 4.72. The van der Waals surface area contributed by atoms with Crippen LogP contribution in [0.25, 0.3) is 0 Å². The van der Waals surface area contributed by atoms with Crippen molar-refractivity contribution >= 4 is 0 Å². The van der Waals surface area contributed by atoms with Gasteiger partial charge in [-0.2, -0.15) is 0 Å². The number of rotatable bonds is 4. The summed E-state index contributed by atoms with van der Waals surface area (Å²) in [7, 11) is 0. The summed E-state index contributed by atoms with van der Waals surface area (Å²) in [4.78, 5) is 0. The average molecular weight is 249 g/mol. The van der Waals surface area contributed by atoms with Gasteiger partial charge in [-0.25, -0.2) is 4.39 Å². The molecule has 1 aliphatic heterocycles. The molecule has 1 heterocycles. The minimum atomic E-state index is -0.161. The average Bonchev–Trinajstić information content (AvgIpc) is 3.18. The van der Waals surface area contributed by atoms with Crippen molar-refractivity contribution in [2.45, 2.75) is 37.8 Å². The van der Waals surface area contributed by atoms with Crippen molar-refractivity contribution in [2.24, 2.45) is 5.92 Å². The van der Waals surface area contributed by atoms with Crippen LogP contribution in [-0.4, -0.2) is 25.3 Å². The van der Waals surface area contributed by atoms with Crippen LogP contribution in [0.15, 0.2) is 24.3 Å². The maximum absolute atomic E-state index is 12.9. The molecule has 0 amide bonds. The van der Waals surface area contributed by atoms with Gasteiger partial charge in [-0.05, 0) is 43.4 Å². The van der Waals surface area contributed by atoms with Crippen molar-refractivity contribution in [3.05, 3.63) is 35.6 Å². The lowest BCUT2D eigenvalue weighted by molar-refractivity contribution is 0.0316. The first-order valence-corrected chi connectivity index (χ1v) is 6.89. The summed E-state index contributed by atoms with van der Waals surface area (Å²) in [6, 6.07) is 8.17. The van der Waals surface area contributed by atoms with Gasteiger partial charge in [0.15, 0.2) is 0 Å². The molecule has 0 aromatic heterocycles. The minimum Gasteiger partial charge on any atom is -0.381 e. The Morgan fingerprint density at radius 1 is 1.17 bits per heavy atom. The third kappa shape index (κ3) is 3.09. The van der Waals surface area contributed by atoms with E-state index in [0.29, 0.717) is 12.0 Å². The molecule has 0 bridgehead atoms. The van der Waals surface area contributed by atoms with Crippen LogP contribution in [0, 0.1) is 11.7 Å². The molecule has 1 saturated carbocycles. The van der Waals surface area contributed by atoms with Crippen LogP contribution in [-0.2, 0) is 11.2 Å². The lowest BCUT2D eigenvalue weighted by atomic mass is 9.89. The summed E-state index contributed by atoms with van der Waals surface area (Å²) in [5, 5.41) is 3.72. The van der Waals surface area contributed by atoms with Gasteiger partial charge in [0.25, 0.3) is 0 Å². The molecule has 98 valence electrons. The Bertz CT molecular complexity index is 388. The molecule has 1 aliphatic carbocycles. The largest absolute Gasteiger partial charge is 0.381 e. The quantitative estimate of drug-likeness (QED) is 0.885. The summed E-state index contributed by atoms with van der Waals surface area (Å²) in [5.74, 6) is 0.358. The minimum absolute atomic E-state index is 0.161. The van der Waals surface area contributed by atoms with E-state index in [-0.39, 0.29) is 5.82 Å². The Balaban J connectivity index is 1.62. The monoisotopic (exact) mass is 249 g/mol. The summed E-state index contributed by atoms with van der Waals surface area (Å²) >= 11 is 0. The van der Waals surface area contributed by atoms with Gasteiger partial charge >= 0.3 is 0 Å². The van der Waals surface area contributed by atoms with Crippen molar-refractivity contribution in [3.63, 3.8) is 0 Å². The smallest absolute Gasteiger partial charge is 0.123 e. The number of nitrogens with one attached hydrogen (secondary N) is 1. The fraction of sp³-hybridized carbons (Fsp3) is 0.600. The second-order valence-electron chi connectivity index (χ2n) is 5.50. The first-order valence-electron chi connectivity index (χ1n) is 6.89. The van der Waals surface area contributed by atoms with Gasteiger partial charge in [-0.15, -0.1) is 0 Å². The first kappa shape index (κ1) is 12.1. The van der Waals surface area contributed by atoms with E-state index in [1.54, 1.807) is 12.1 Å². The van der Waals surface area contributed by atoms with Gasteiger partial charge in [0.2, 0.25) is 0 Å². The molecule has 3 heteroatoms. The van der Waals surface area contributed by atoms with E-state index in [1.807, 2.05) is 12.1 Å². The Morgan fingerprint density at radius 3 is 2.67 bits per heavy atom. The summed E-state index contributed by atoms with van der Waals surface area (Å²) in [5.41, 5.74) is 1.20. The van der Waals surface area contributed by atoms with Crippen molar-refractivity contribution in [3.8, 4) is 0 Å². The van der Waals surface area contributed by atoms with E-state index < -0.39 is 0 Å². The third-order valence-corrected chi connectivity index (χ3v) is 3.91. The number of ether oxygens (including phenoxy) is 1. The number of halogens is 1. The molecule has 18 heavy (non-hydrogen) atoms. The number of benzene rings is 1. The van der Waals surface area contributed by atoms with Crippen molar-refractivity contribution in [1.82, 2.24) is 5.32 Å². The molecule has 1 aromatic carbocycles. The van der Waals surface area contributed by atoms with Crippen LogP contribution in [0.5, 0.6) is 0 Å². The highest BCUT2D eigenvalue weighted by Crippen LogP contribution is 2.26. The highest BCUT2D eigenvalue weighted by molar-refractivity contribution is 5.17. The topological polar surface area (TPSA) is 21.3 Å². The second-order valence-corrected chi connectivity index (χ2v) is 5.50. The predicted octanol–water partition coefficient (Wildman–Crippen LogP) is 2.53. The van der Waals surface area contributed by atoms with Gasteiger partial charge < -0.3 is 10.1 Å². The fourth-order valence-corrected chi connectivity index (χ4v) is 2.69. The van der Waals surface area contributed by atoms with E-state index >= 15 is 0 Å². The normalized spacial score (nSPS) is 28.3. The molecule has 2 aliphatic rings. The van der Waals surface area contributed by atoms with Gasteiger partial charge in [0.05, 0.1) is 6.61 Å². The van der Waals surface area contributed by atoms with E-state index in [1.165, 1.54) is 18.4 Å². The SMILES string of the molecule is Fc1ccc(CC2COCCC2NC2CC2)cc1. The molecule has 2 fully saturated rings. The zero-order valence-corrected chi connectivity index (χ0v) is 10.6. The van der Waals surface area contributed by atoms with E-state index in [9.17, 15) is 4.39 Å². The Hall–Kier alpha value is -0.930. The summed E-state index contributed by atoms with van der Waals surface area (Å²) < 4.78 is 18.5. The molecular weight excluding hydrogens is 229 g/mol. The maximum atomic E-state index is 12.9. The Labute approximate surface area is 108 Å². The van der Waals surface area contributed by atoms with Crippen LogP contribution in [0.2, 0.25) is 0 Å². The highest BCUT2D eigenvalue weighted by atomic mass is 19.1. The van der Waals surface area contributed by atoms with Crippen molar-refractivity contribution in [1.29, 1.82) is 0 Å². The molecule has 1 N–H and O–H groups in total. The van der Waals surface area contributed by atoms with Crippen LogP contribution >= 0.6 is 0 Å². The Morgan fingerprint density at radius 2 is 1.94 bits per heavy atom. The van der Waals surface area contributed by atoms with Crippen LogP contribution in [0.1, 0.15) is 24.8 Å². The molecule has 1 saturated heterocycles. The van der Waals surface area contributed by atoms with Crippen molar-refractivity contribution in [2.75, 3.05) is 13.2 Å². The maximum Gasteiger partial charge on any atom is 0.123 e. The lowest BCUT2D eigenvalue weighted by Crippen LogP contribution is -2.44. The molecule has 0 spiro atoms.